The number of nitrogens with zero attached hydrogens (tertiary/aromatic N) is 1. The summed E-state index contributed by atoms with van der Waals surface area (Å²) < 4.78 is 0. The van der Waals surface area contributed by atoms with Crippen molar-refractivity contribution >= 4 is 24.6 Å². The molecule has 0 saturated carbocycles. The molecule has 0 saturated heterocycles. The summed E-state index contributed by atoms with van der Waals surface area (Å²) in [5.41, 5.74) is -0.420. The summed E-state index contributed by atoms with van der Waals surface area (Å²) in [5, 5.41) is 27.9. The highest BCUT2D eigenvalue weighted by Crippen LogP contribution is 2.10. The minimum Gasteiger partial charge on any atom is -0.423 e. The fourth-order valence-corrected chi connectivity index (χ4v) is 1.01. The van der Waals surface area contributed by atoms with E-state index in [0.29, 0.717) is 6.29 Å². The zero-order valence-electron chi connectivity index (χ0n) is 6.95. The molecule has 0 fully saturated rings. The number of carbonyl (C=O) groups excluding carboxylic acids is 1. The second kappa shape index (κ2) is 3.99. The molecule has 1 aromatic carbocycles. The number of benzene rings is 1. The molecule has 0 aliphatic rings. The van der Waals surface area contributed by atoms with E-state index in [0.717, 1.165) is 18.2 Å². The summed E-state index contributed by atoms with van der Waals surface area (Å²) >= 11 is 0. The molecule has 0 atom stereocenters. The van der Waals surface area contributed by atoms with E-state index in [1.807, 2.05) is 0 Å². The van der Waals surface area contributed by atoms with Crippen LogP contribution in [0.4, 0.5) is 5.69 Å². The molecule has 7 heteroatoms. The van der Waals surface area contributed by atoms with Gasteiger partial charge in [-0.1, -0.05) is 6.07 Å². The van der Waals surface area contributed by atoms with Crippen LogP contribution in [-0.4, -0.2) is 28.4 Å². The molecule has 0 bridgehead atoms. The molecule has 0 aliphatic heterocycles. The first-order valence-corrected chi connectivity index (χ1v) is 3.66. The first-order chi connectivity index (χ1) is 6.56. The van der Waals surface area contributed by atoms with Crippen molar-refractivity contribution in [1.29, 1.82) is 0 Å². The van der Waals surface area contributed by atoms with E-state index in [1.165, 1.54) is 0 Å². The van der Waals surface area contributed by atoms with Crippen molar-refractivity contribution in [2.45, 2.75) is 0 Å². The maximum atomic E-state index is 10.5. The lowest BCUT2D eigenvalue weighted by Crippen LogP contribution is -2.32. The molecule has 0 unspecified atom stereocenters. The van der Waals surface area contributed by atoms with Gasteiger partial charge in [-0.3, -0.25) is 14.9 Å². The average molecular weight is 195 g/mol. The van der Waals surface area contributed by atoms with Gasteiger partial charge in [-0.2, -0.15) is 0 Å². The van der Waals surface area contributed by atoms with Crippen molar-refractivity contribution in [2.24, 2.45) is 0 Å². The molecule has 0 radical (unpaired) electrons. The van der Waals surface area contributed by atoms with E-state index in [-0.39, 0.29) is 16.7 Å². The topological polar surface area (TPSA) is 101 Å². The van der Waals surface area contributed by atoms with Gasteiger partial charge < -0.3 is 10.0 Å². The smallest absolute Gasteiger partial charge is 0.423 e. The van der Waals surface area contributed by atoms with Crippen LogP contribution in [0.1, 0.15) is 10.4 Å². The van der Waals surface area contributed by atoms with Gasteiger partial charge in [-0.25, -0.2) is 0 Å². The van der Waals surface area contributed by atoms with Crippen LogP contribution in [0.2, 0.25) is 0 Å². The molecule has 0 heterocycles. The molecule has 1 aromatic rings. The summed E-state index contributed by atoms with van der Waals surface area (Å²) in [5.74, 6) is 0. The second-order valence-corrected chi connectivity index (χ2v) is 2.56. The highest BCUT2D eigenvalue weighted by Gasteiger charge is 2.18. The van der Waals surface area contributed by atoms with Gasteiger partial charge in [0.15, 0.2) is 0 Å². The third-order valence-electron chi connectivity index (χ3n) is 1.69. The quantitative estimate of drug-likeness (QED) is 0.281. The molecule has 2 N–H and O–H groups in total. The molecule has 0 aromatic heterocycles. The summed E-state index contributed by atoms with van der Waals surface area (Å²) in [6.07, 6.45) is 0.335. The number of hydrogen-bond acceptors (Lipinski definition) is 5. The number of carbonyl (C=O) groups is 1. The molecule has 6 nitrogen and oxygen atoms in total. The number of nitro benzene ring substituents is 1. The van der Waals surface area contributed by atoms with E-state index in [9.17, 15) is 14.9 Å². The summed E-state index contributed by atoms with van der Waals surface area (Å²) in [4.78, 5) is 20.1. The maximum Gasteiger partial charge on any atom is 0.489 e. The zero-order valence-corrected chi connectivity index (χ0v) is 6.95. The van der Waals surface area contributed by atoms with Crippen molar-refractivity contribution in [3.63, 3.8) is 0 Å². The Bertz CT molecular complexity index is 378. The van der Waals surface area contributed by atoms with E-state index in [2.05, 4.69) is 0 Å². The molecule has 0 amide bonds. The van der Waals surface area contributed by atoms with Crippen LogP contribution in [0.15, 0.2) is 18.2 Å². The van der Waals surface area contributed by atoms with Crippen LogP contribution in [0, 0.1) is 10.1 Å². The van der Waals surface area contributed by atoms with Crippen LogP contribution in [0.3, 0.4) is 0 Å². The van der Waals surface area contributed by atoms with Crippen molar-refractivity contribution in [1.82, 2.24) is 0 Å². The lowest BCUT2D eigenvalue weighted by Gasteiger charge is -2.01. The predicted molar refractivity (Wildman–Crippen MR) is 48.3 cm³/mol. The Morgan fingerprint density at radius 2 is 2.07 bits per heavy atom. The SMILES string of the molecule is O=Cc1cc([N+](=O)[O-])ccc1B(O)O. The summed E-state index contributed by atoms with van der Waals surface area (Å²) in [6.45, 7) is 0. The largest absolute Gasteiger partial charge is 0.489 e. The van der Waals surface area contributed by atoms with Crippen molar-refractivity contribution < 1.29 is 19.8 Å². The minimum absolute atomic E-state index is 0.0504. The Kier molecular flexibility index (Phi) is 2.95. The van der Waals surface area contributed by atoms with Crippen molar-refractivity contribution in [3.8, 4) is 0 Å². The van der Waals surface area contributed by atoms with Crippen molar-refractivity contribution in [3.05, 3.63) is 33.9 Å². The molecular weight excluding hydrogens is 189 g/mol. The Balaban J connectivity index is 3.25. The van der Waals surface area contributed by atoms with Crippen molar-refractivity contribution in [2.75, 3.05) is 0 Å². The fourth-order valence-electron chi connectivity index (χ4n) is 1.01. The lowest BCUT2D eigenvalue weighted by molar-refractivity contribution is -0.384. The third-order valence-corrected chi connectivity index (χ3v) is 1.69. The number of aldehydes is 1. The summed E-state index contributed by atoms with van der Waals surface area (Å²) in [7, 11) is -1.81. The van der Waals surface area contributed by atoms with Gasteiger partial charge in [-0.15, -0.1) is 0 Å². The second-order valence-electron chi connectivity index (χ2n) is 2.56. The van der Waals surface area contributed by atoms with Crippen LogP contribution < -0.4 is 5.46 Å². The molecule has 14 heavy (non-hydrogen) atoms. The Morgan fingerprint density at radius 1 is 1.43 bits per heavy atom. The molecular formula is C7H6BNO5. The number of nitro groups is 1. The third kappa shape index (κ3) is 1.95. The molecule has 72 valence electrons. The van der Waals surface area contributed by atoms with Gasteiger partial charge in [-0.05, 0) is 5.46 Å². The van der Waals surface area contributed by atoms with Crippen LogP contribution in [0.25, 0.3) is 0 Å². The van der Waals surface area contributed by atoms with Gasteiger partial charge in [0.2, 0.25) is 0 Å². The van der Waals surface area contributed by atoms with Gasteiger partial charge >= 0.3 is 7.12 Å². The number of non-ortho nitro benzene ring substituents is 1. The van der Waals surface area contributed by atoms with Crippen LogP contribution >= 0.6 is 0 Å². The number of rotatable bonds is 3. The highest BCUT2D eigenvalue weighted by atomic mass is 16.6. The standard InChI is InChI=1S/C7H6BNO5/c10-4-5-3-6(9(13)14)1-2-7(5)8(11)12/h1-4,11-12H. The Morgan fingerprint density at radius 3 is 2.50 bits per heavy atom. The van der Waals surface area contributed by atoms with Gasteiger partial charge in [0, 0.05) is 17.7 Å². The zero-order chi connectivity index (χ0) is 10.7. The Labute approximate surface area is 79.1 Å². The van der Waals surface area contributed by atoms with E-state index in [1.54, 1.807) is 0 Å². The normalized spacial score (nSPS) is 9.57. The van der Waals surface area contributed by atoms with Gasteiger partial charge in [0.25, 0.3) is 5.69 Å². The van der Waals surface area contributed by atoms with Gasteiger partial charge in [0.1, 0.15) is 6.29 Å². The van der Waals surface area contributed by atoms with E-state index < -0.39 is 12.0 Å². The Hall–Kier alpha value is -1.73. The lowest BCUT2D eigenvalue weighted by atomic mass is 9.77. The molecule has 0 spiro atoms. The fraction of sp³-hybridized carbons (Fsp3) is 0. The first-order valence-electron chi connectivity index (χ1n) is 3.66. The van der Waals surface area contributed by atoms with Gasteiger partial charge in [0.05, 0.1) is 4.92 Å². The predicted octanol–water partition coefficient (Wildman–Crippen LogP) is -0.913. The molecule has 1 rings (SSSR count). The first kappa shape index (κ1) is 10.4. The maximum absolute atomic E-state index is 10.5. The van der Waals surface area contributed by atoms with Crippen LogP contribution in [-0.2, 0) is 0 Å². The van der Waals surface area contributed by atoms with E-state index >= 15 is 0 Å². The monoisotopic (exact) mass is 195 g/mol. The number of hydrogen-bond donors (Lipinski definition) is 2. The minimum atomic E-state index is -1.81. The van der Waals surface area contributed by atoms with E-state index in [4.69, 9.17) is 10.0 Å². The van der Waals surface area contributed by atoms with Crippen LogP contribution in [0.5, 0.6) is 0 Å². The highest BCUT2D eigenvalue weighted by molar-refractivity contribution is 6.60. The molecule has 0 aliphatic carbocycles. The summed E-state index contributed by atoms with van der Waals surface area (Å²) in [6, 6.07) is 3.22. The average Bonchev–Trinajstić information content (AvgIpc) is 2.16.